The standard InChI is InChI=1S/C46H32N2O4S2.2C7H7.Zr/c49-43-39(47-35-19-7-1-13-29(35)30-14-2-8-20-36(30)47)27-53-45(43)33-17-5-11-23-41(33)51-25-26-52-42-24-12-6-18-34(42)46-44(50)40(28-54-46)48-37-21-9-3-15-31(37)32-16-4-10-22-38(32)48;2*1-7-5-3-2-4-6-7;/h1-24,27-28,49-50H,25-26H2;2*2-6H,1H2;/q;2*-1;/p+2. The molecule has 0 unspecified atom stereocenters. The van der Waals surface area contributed by atoms with Crippen LogP contribution in [0.1, 0.15) is 11.1 Å². The molecule has 9 heteroatoms. The molecule has 0 aliphatic heterocycles. The summed E-state index contributed by atoms with van der Waals surface area (Å²) in [6.07, 6.45) is 0. The zero-order valence-corrected chi connectivity index (χ0v) is 41.7. The van der Waals surface area contributed by atoms with Gasteiger partial charge in [-0.3, -0.25) is 0 Å². The average molecular weight is 1020 g/mol. The van der Waals surface area contributed by atoms with Crippen LogP contribution < -0.4 is 0 Å². The van der Waals surface area contributed by atoms with Crippen molar-refractivity contribution < 1.29 is 45.9 Å². The van der Waals surface area contributed by atoms with E-state index in [9.17, 15) is 10.2 Å². The molecule has 12 aromatic rings. The largest absolute Gasteiger partial charge is 0.576 e. The number of para-hydroxylation sites is 6. The van der Waals surface area contributed by atoms with Crippen molar-refractivity contribution in [3.63, 3.8) is 0 Å². The number of benzene rings is 8. The number of fused-ring (bicyclic) bond motifs is 6. The van der Waals surface area contributed by atoms with E-state index >= 15 is 0 Å². The molecule has 0 bridgehead atoms. The van der Waals surface area contributed by atoms with E-state index in [1.165, 1.54) is 22.7 Å². The Kier molecular flexibility index (Phi) is 14.4. The molecular formula is C60H48N2O4S2Zr. The van der Waals surface area contributed by atoms with Gasteiger partial charge in [-0.25, -0.2) is 0 Å². The Morgan fingerprint density at radius 2 is 0.667 bits per heavy atom. The molecule has 8 aromatic carbocycles. The predicted molar refractivity (Wildman–Crippen MR) is 286 cm³/mol. The van der Waals surface area contributed by atoms with Gasteiger partial charge in [0.2, 0.25) is 0 Å². The minimum absolute atomic E-state index is 0. The molecule has 0 aliphatic rings. The van der Waals surface area contributed by atoms with E-state index in [1.54, 1.807) is 0 Å². The van der Waals surface area contributed by atoms with Crippen molar-refractivity contribution in [3.8, 4) is 55.3 Å². The monoisotopic (exact) mass is 1010 g/mol. The second-order valence-corrected chi connectivity index (χ2v) is 17.9. The Morgan fingerprint density at radius 3 is 0.986 bits per heavy atom. The number of nitrogens with zero attached hydrogens (tertiary/aromatic N) is 2. The van der Waals surface area contributed by atoms with Crippen LogP contribution in [0, 0.1) is 13.8 Å². The van der Waals surface area contributed by atoms with Crippen LogP contribution in [0.25, 0.3) is 75.9 Å². The first-order valence-electron chi connectivity index (χ1n) is 22.3. The van der Waals surface area contributed by atoms with E-state index < -0.39 is 0 Å². The summed E-state index contributed by atoms with van der Waals surface area (Å²) in [5.41, 5.74) is 9.63. The van der Waals surface area contributed by atoms with Gasteiger partial charge in [0, 0.05) is 70.6 Å². The summed E-state index contributed by atoms with van der Waals surface area (Å²) in [5.74, 6) is 2.09. The number of hydrogen-bond acceptors (Lipinski definition) is 4. The quantitative estimate of drug-likeness (QED) is 0.0859. The molecule has 0 amide bonds. The van der Waals surface area contributed by atoms with Crippen LogP contribution in [-0.2, 0) is 26.2 Å². The van der Waals surface area contributed by atoms with Gasteiger partial charge in [0.05, 0.1) is 54.3 Å². The Labute approximate surface area is 428 Å². The molecular weight excluding hydrogens is 968 g/mol. The summed E-state index contributed by atoms with van der Waals surface area (Å²) in [6, 6.07) is 68.9. The van der Waals surface area contributed by atoms with E-state index in [0.29, 0.717) is 13.2 Å². The Balaban J connectivity index is 0.000000341. The first kappa shape index (κ1) is 46.7. The third kappa shape index (κ3) is 9.55. The maximum atomic E-state index is 11.8. The van der Waals surface area contributed by atoms with Gasteiger partial charge >= 0.3 is 0 Å². The molecule has 338 valence electrons. The number of aromatic hydroxyl groups is 4. The maximum absolute atomic E-state index is 11.8. The second kappa shape index (κ2) is 21.3. The summed E-state index contributed by atoms with van der Waals surface area (Å²) in [4.78, 5) is 1.56. The van der Waals surface area contributed by atoms with Gasteiger partial charge in [-0.2, -0.15) is 49.2 Å². The molecule has 0 saturated carbocycles. The Bertz CT molecular complexity index is 3300. The second-order valence-electron chi connectivity index (χ2n) is 16.1. The van der Waals surface area contributed by atoms with Crippen LogP contribution in [0.15, 0.2) is 217 Å². The fourth-order valence-electron chi connectivity index (χ4n) is 8.65. The minimum atomic E-state index is 0. The normalized spacial score (nSPS) is 10.8. The number of aliphatic hydroxyl groups is 2. The van der Waals surface area contributed by atoms with Crippen molar-refractivity contribution in [2.75, 3.05) is 13.2 Å². The fourth-order valence-corrected chi connectivity index (χ4v) is 10.6. The number of aromatic nitrogens is 2. The zero-order chi connectivity index (χ0) is 46.4. The topological polar surface area (TPSA) is 75.9 Å². The first-order chi connectivity index (χ1) is 33.5. The van der Waals surface area contributed by atoms with Crippen LogP contribution in [0.4, 0.5) is 0 Å². The van der Waals surface area contributed by atoms with Crippen molar-refractivity contribution in [3.05, 3.63) is 242 Å². The van der Waals surface area contributed by atoms with E-state index in [-0.39, 0.29) is 37.7 Å². The van der Waals surface area contributed by atoms with Crippen molar-refractivity contribution in [2.24, 2.45) is 0 Å². The first-order valence-corrected chi connectivity index (χ1v) is 24.1. The van der Waals surface area contributed by atoms with E-state index in [2.05, 4.69) is 95.8 Å². The third-order valence-electron chi connectivity index (χ3n) is 11.8. The van der Waals surface area contributed by atoms with Crippen LogP contribution in [0.3, 0.4) is 0 Å². The summed E-state index contributed by atoms with van der Waals surface area (Å²) in [6.45, 7) is 8.36. The van der Waals surface area contributed by atoms with Gasteiger partial charge in [0.25, 0.3) is 24.7 Å². The number of ether oxygens (including phenoxy) is 2. The summed E-state index contributed by atoms with van der Waals surface area (Å²) >= 11 is 3.04. The molecule has 0 aliphatic carbocycles. The molecule has 6 nitrogen and oxygen atoms in total. The number of rotatable bonds is 9. The van der Waals surface area contributed by atoms with Gasteiger partial charge in [0.15, 0.2) is 11.5 Å². The third-order valence-corrected chi connectivity index (χ3v) is 13.8. The molecule has 0 saturated heterocycles. The minimum Gasteiger partial charge on any atom is -0.576 e. The average Bonchev–Trinajstić information content (AvgIpc) is 4.14. The van der Waals surface area contributed by atoms with Crippen molar-refractivity contribution in [1.29, 1.82) is 0 Å². The molecule has 4 aromatic heterocycles. The van der Waals surface area contributed by atoms with Crippen LogP contribution >= 0.6 is 22.7 Å². The summed E-state index contributed by atoms with van der Waals surface area (Å²) in [5, 5.41) is 32.2. The predicted octanol–water partition coefficient (Wildman–Crippen LogP) is 15.7. The van der Waals surface area contributed by atoms with Crippen LogP contribution in [0.2, 0.25) is 0 Å². The van der Waals surface area contributed by atoms with E-state index in [0.717, 1.165) is 98.5 Å². The van der Waals surface area contributed by atoms with Crippen LogP contribution in [-0.4, -0.2) is 42.0 Å². The SMILES string of the molecule is Oc1c(-n2c3ccccc3c3ccccc32)csc1-c1ccccc1[OH+]CC[OH+]c1ccccc1-c1scc(-n2c3ccccc3c3ccccc32)c1O.[CH2-]c1ccccc1.[CH2-]c1ccccc1.[Zr]. The van der Waals surface area contributed by atoms with Crippen molar-refractivity contribution in [2.45, 2.75) is 0 Å². The molecule has 0 radical (unpaired) electrons. The molecule has 4 heterocycles. The van der Waals surface area contributed by atoms with E-state index in [1.807, 2.05) is 144 Å². The molecule has 0 atom stereocenters. The molecule has 0 fully saturated rings. The molecule has 69 heavy (non-hydrogen) atoms. The fraction of sp³-hybridized carbons (Fsp3) is 0.0333. The van der Waals surface area contributed by atoms with E-state index in [4.69, 9.17) is 9.47 Å². The van der Waals surface area contributed by atoms with Gasteiger partial charge in [-0.05, 0) is 36.4 Å². The number of thiophene rings is 2. The maximum Gasteiger partial charge on any atom is 0.263 e. The smallest absolute Gasteiger partial charge is 0.263 e. The molecule has 12 rings (SSSR count). The number of hydrogen-bond donors (Lipinski definition) is 2. The molecule has 4 N–H and O–H groups in total. The van der Waals surface area contributed by atoms with Gasteiger partial charge in [-0.1, -0.05) is 109 Å². The Morgan fingerprint density at radius 1 is 0.377 bits per heavy atom. The van der Waals surface area contributed by atoms with Crippen LogP contribution in [0.5, 0.6) is 23.0 Å². The van der Waals surface area contributed by atoms with Gasteiger partial charge in [0.1, 0.15) is 0 Å². The summed E-state index contributed by atoms with van der Waals surface area (Å²) in [7, 11) is 0. The summed E-state index contributed by atoms with van der Waals surface area (Å²) < 4.78 is 14.2. The zero-order valence-electron chi connectivity index (χ0n) is 37.6. The Hall–Kier alpha value is -7.42. The molecule has 0 spiro atoms. The van der Waals surface area contributed by atoms with Gasteiger partial charge < -0.3 is 28.8 Å². The van der Waals surface area contributed by atoms with Crippen molar-refractivity contribution >= 4 is 66.3 Å². The van der Waals surface area contributed by atoms with Crippen molar-refractivity contribution in [1.82, 2.24) is 9.13 Å². The van der Waals surface area contributed by atoms with Gasteiger partial charge in [-0.15, -0.1) is 46.9 Å².